The summed E-state index contributed by atoms with van der Waals surface area (Å²) in [6.45, 7) is 3.61. The zero-order valence-electron chi connectivity index (χ0n) is 18.0. The highest BCUT2D eigenvalue weighted by Gasteiger charge is 2.61. The number of anilines is 1. The number of nitrogens with one attached hydrogen (secondary N) is 2. The third kappa shape index (κ3) is 4.08. The Labute approximate surface area is 190 Å². The van der Waals surface area contributed by atoms with Crippen LogP contribution in [-0.4, -0.2) is 46.3 Å². The van der Waals surface area contributed by atoms with E-state index < -0.39 is 5.82 Å². The summed E-state index contributed by atoms with van der Waals surface area (Å²) in [4.78, 5) is 29.0. The highest BCUT2D eigenvalue weighted by Crippen LogP contribution is 2.57. The van der Waals surface area contributed by atoms with Crippen molar-refractivity contribution in [3.8, 4) is 0 Å². The number of H-pyrrole nitrogens is 1. The molecule has 2 saturated carbocycles. The molecule has 0 radical (unpaired) electrons. The first-order valence-corrected chi connectivity index (χ1v) is 11.5. The average molecular weight is 460 g/mol. The monoisotopic (exact) mass is 459 g/mol. The van der Waals surface area contributed by atoms with Crippen LogP contribution in [0.25, 0.3) is 0 Å². The van der Waals surface area contributed by atoms with Crippen LogP contribution in [0, 0.1) is 18.2 Å². The number of nitrogens with zero attached hydrogens (tertiary/aromatic N) is 3. The van der Waals surface area contributed by atoms with Gasteiger partial charge in [-0.2, -0.15) is 5.10 Å². The van der Waals surface area contributed by atoms with Crippen LogP contribution in [0.3, 0.4) is 0 Å². The Morgan fingerprint density at radius 3 is 2.97 bits per heavy atom. The maximum Gasteiger partial charge on any atom is 0.318 e. The Balaban J connectivity index is 1.27. The van der Waals surface area contributed by atoms with Gasteiger partial charge >= 0.3 is 6.03 Å². The Morgan fingerprint density at radius 1 is 1.41 bits per heavy atom. The number of rotatable bonds is 5. The quantitative estimate of drug-likeness (QED) is 0.715. The van der Waals surface area contributed by atoms with Crippen molar-refractivity contribution in [1.29, 1.82) is 0 Å². The fourth-order valence-electron chi connectivity index (χ4n) is 5.08. The van der Waals surface area contributed by atoms with Crippen molar-refractivity contribution in [2.24, 2.45) is 5.41 Å². The molecule has 1 saturated heterocycles. The van der Waals surface area contributed by atoms with Gasteiger partial charge < -0.3 is 15.1 Å². The lowest BCUT2D eigenvalue weighted by molar-refractivity contribution is 0.177. The van der Waals surface area contributed by atoms with E-state index in [-0.39, 0.29) is 35.5 Å². The van der Waals surface area contributed by atoms with Gasteiger partial charge in [-0.1, -0.05) is 11.6 Å². The summed E-state index contributed by atoms with van der Waals surface area (Å²) in [7, 11) is 0. The molecular weight excluding hydrogens is 433 g/mol. The third-order valence-electron chi connectivity index (χ3n) is 7.01. The molecule has 0 bridgehead atoms. The van der Waals surface area contributed by atoms with Gasteiger partial charge in [-0.25, -0.2) is 9.18 Å². The van der Waals surface area contributed by atoms with Gasteiger partial charge in [-0.15, -0.1) is 0 Å². The fourth-order valence-corrected chi connectivity index (χ4v) is 5.23. The van der Waals surface area contributed by atoms with E-state index in [2.05, 4.69) is 20.4 Å². The maximum absolute atomic E-state index is 14.3. The topological polar surface area (TPSA) is 81.3 Å². The van der Waals surface area contributed by atoms with Crippen LogP contribution in [0.4, 0.5) is 15.0 Å². The van der Waals surface area contributed by atoms with E-state index in [1.807, 2.05) is 11.8 Å². The second-order valence-electron chi connectivity index (χ2n) is 9.40. The lowest BCUT2D eigenvalue weighted by Crippen LogP contribution is -2.47. The molecule has 2 atom stereocenters. The van der Waals surface area contributed by atoms with E-state index >= 15 is 0 Å². The van der Waals surface area contributed by atoms with E-state index in [9.17, 15) is 14.0 Å². The molecule has 1 aromatic heterocycles. The van der Waals surface area contributed by atoms with Crippen molar-refractivity contribution in [1.82, 2.24) is 20.4 Å². The molecule has 9 heteroatoms. The number of hydrogen-bond acceptors (Lipinski definition) is 4. The van der Waals surface area contributed by atoms with Gasteiger partial charge in [0.25, 0.3) is 0 Å². The van der Waals surface area contributed by atoms with Gasteiger partial charge in [0.05, 0.1) is 6.20 Å². The smallest absolute Gasteiger partial charge is 0.318 e. The molecule has 3 aliphatic rings. The molecule has 2 heterocycles. The predicted octanol–water partition coefficient (Wildman–Crippen LogP) is 3.60. The largest absolute Gasteiger partial charge is 0.356 e. The van der Waals surface area contributed by atoms with Gasteiger partial charge in [0.2, 0.25) is 5.43 Å². The second-order valence-corrected chi connectivity index (χ2v) is 9.81. The summed E-state index contributed by atoms with van der Waals surface area (Å²) < 4.78 is 14.3. The van der Waals surface area contributed by atoms with Crippen LogP contribution in [0.2, 0.25) is 5.02 Å². The molecule has 2 N–H and O–H groups in total. The number of amides is 2. The molecule has 3 fully saturated rings. The average Bonchev–Trinajstić information content (AvgIpc) is 3.69. The number of hydrogen-bond donors (Lipinski definition) is 2. The first-order chi connectivity index (χ1) is 15.4. The minimum Gasteiger partial charge on any atom is -0.356 e. The number of piperidine rings is 1. The van der Waals surface area contributed by atoms with Crippen molar-refractivity contribution in [3.63, 3.8) is 0 Å². The summed E-state index contributed by atoms with van der Waals surface area (Å²) in [6, 6.07) is 4.85. The van der Waals surface area contributed by atoms with Crippen LogP contribution in [0.5, 0.6) is 0 Å². The number of aromatic nitrogens is 2. The Bertz CT molecular complexity index is 1100. The van der Waals surface area contributed by atoms with Crippen molar-refractivity contribution < 1.29 is 9.18 Å². The number of benzene rings is 1. The molecule has 5 rings (SSSR count). The van der Waals surface area contributed by atoms with E-state index in [1.165, 1.54) is 12.3 Å². The van der Waals surface area contributed by atoms with Gasteiger partial charge in [0.15, 0.2) is 0 Å². The van der Waals surface area contributed by atoms with Crippen LogP contribution < -0.4 is 15.6 Å². The molecule has 7 nitrogen and oxygen atoms in total. The van der Waals surface area contributed by atoms with Crippen LogP contribution >= 0.6 is 11.6 Å². The minimum atomic E-state index is -0.407. The minimum absolute atomic E-state index is 0.0347. The molecule has 2 amide bonds. The van der Waals surface area contributed by atoms with Crippen molar-refractivity contribution in [2.75, 3.05) is 18.0 Å². The maximum atomic E-state index is 14.3. The zero-order chi connectivity index (χ0) is 22.5. The molecule has 2 unspecified atom stereocenters. The van der Waals surface area contributed by atoms with Crippen LogP contribution in [-0.2, 0) is 6.54 Å². The van der Waals surface area contributed by atoms with Crippen LogP contribution in [0.1, 0.15) is 43.2 Å². The molecule has 170 valence electrons. The Kier molecular flexibility index (Phi) is 5.35. The molecule has 2 aromatic rings. The lowest BCUT2D eigenvalue weighted by atomic mass is 9.93. The van der Waals surface area contributed by atoms with E-state index in [4.69, 9.17) is 11.6 Å². The summed E-state index contributed by atoms with van der Waals surface area (Å²) >= 11 is 5.98. The highest BCUT2D eigenvalue weighted by molar-refractivity contribution is 6.31. The van der Waals surface area contributed by atoms with E-state index in [0.717, 1.165) is 56.6 Å². The molecule has 32 heavy (non-hydrogen) atoms. The standard InChI is InChI=1S/C23H27ClFN5O2/c1-14-7-15(19(25)9-18(14)24)11-26-22(32)30(16-3-4-16)20-10-23(20)5-2-6-29(13-23)21-8-17(31)12-27-28-21/h7-9,12,16,20H,2-6,10-11,13H2,1H3,(H,26,32)(H,28,31). The first-order valence-electron chi connectivity index (χ1n) is 11.2. The summed E-state index contributed by atoms with van der Waals surface area (Å²) in [6.07, 6.45) is 6.30. The van der Waals surface area contributed by atoms with Gasteiger partial charge in [0.1, 0.15) is 11.6 Å². The Hall–Kier alpha value is -2.61. The molecular formula is C23H27ClFN5O2. The normalized spacial score (nSPS) is 24.5. The number of carbonyl (C=O) groups is 1. The highest BCUT2D eigenvalue weighted by atomic mass is 35.5. The first kappa shape index (κ1) is 21.2. The summed E-state index contributed by atoms with van der Waals surface area (Å²) in [5.74, 6) is 0.327. The number of urea groups is 1. The second kappa shape index (κ2) is 8.06. The van der Waals surface area contributed by atoms with Gasteiger partial charge in [-0.05, 0) is 56.7 Å². The number of aromatic amines is 1. The molecule has 1 aliphatic heterocycles. The van der Waals surface area contributed by atoms with E-state index in [0.29, 0.717) is 10.6 Å². The molecule has 2 aliphatic carbocycles. The fraction of sp³-hybridized carbons (Fsp3) is 0.522. The molecule has 1 spiro atoms. The number of aryl methyl sites for hydroxylation is 1. The SMILES string of the molecule is Cc1cc(CNC(=O)N(C2CC2)C2CC23CCCN(c2cc(=O)cn[nH]2)C3)c(F)cc1Cl. The van der Waals surface area contributed by atoms with Gasteiger partial charge in [-0.3, -0.25) is 9.89 Å². The van der Waals surface area contributed by atoms with Gasteiger partial charge in [0, 0.05) is 53.8 Å². The lowest BCUT2D eigenvalue weighted by Gasteiger charge is -2.36. The van der Waals surface area contributed by atoms with Crippen molar-refractivity contribution in [3.05, 3.63) is 56.6 Å². The third-order valence-corrected chi connectivity index (χ3v) is 7.42. The number of halogens is 2. The molecule has 1 aromatic carbocycles. The van der Waals surface area contributed by atoms with Crippen LogP contribution in [0.15, 0.2) is 29.2 Å². The Morgan fingerprint density at radius 2 is 2.22 bits per heavy atom. The summed E-state index contributed by atoms with van der Waals surface area (Å²) in [5.41, 5.74) is 1.14. The van der Waals surface area contributed by atoms with Crippen molar-refractivity contribution >= 4 is 23.4 Å². The van der Waals surface area contributed by atoms with Crippen molar-refractivity contribution in [2.45, 2.75) is 57.7 Å². The zero-order valence-corrected chi connectivity index (χ0v) is 18.8. The van der Waals surface area contributed by atoms with E-state index in [1.54, 1.807) is 12.1 Å². The number of carbonyl (C=O) groups excluding carboxylic acids is 1. The predicted molar refractivity (Wildman–Crippen MR) is 120 cm³/mol. The summed E-state index contributed by atoms with van der Waals surface area (Å²) in [5, 5.41) is 10.2.